The first kappa shape index (κ1) is 39.3. The minimum absolute atomic E-state index is 0.0379. The van der Waals surface area contributed by atoms with Crippen LogP contribution in [-0.2, 0) is 19.2 Å². The molecule has 2 unspecified atom stereocenters. The number of quaternary nitrogens is 1. The highest BCUT2D eigenvalue weighted by atomic mass is 16.6. The maximum atomic E-state index is 13.8. The minimum atomic E-state index is -1.28. The highest BCUT2D eigenvalue weighted by Gasteiger charge is 2.36. The second kappa shape index (κ2) is 17.7. The SMILES string of the molecule is COc1cc(OC)cc([N+](C)(O)C(=O)COc2ccccc2N(CC(=O)N(C)c2ccccc2)C(=O)CNC(=O)Nc2cccc(C(C)C(=O)[O-])c2)c1. The van der Waals surface area contributed by atoms with Crippen molar-refractivity contribution in [2.75, 3.05) is 63.1 Å². The smallest absolute Gasteiger partial charge is 0.388 e. The van der Waals surface area contributed by atoms with E-state index in [1.165, 1.54) is 63.4 Å². The molecule has 0 aliphatic rings. The maximum absolute atomic E-state index is 13.8. The summed E-state index contributed by atoms with van der Waals surface area (Å²) >= 11 is 0. The van der Waals surface area contributed by atoms with Gasteiger partial charge in [-0.3, -0.25) is 14.5 Å². The maximum Gasteiger partial charge on any atom is 0.388 e. The number of benzene rings is 4. The average Bonchev–Trinajstić information content (AvgIpc) is 3.17. The van der Waals surface area contributed by atoms with Crippen molar-refractivity contribution in [1.29, 1.82) is 0 Å². The number of nitrogens with one attached hydrogen (secondary N) is 2. The minimum Gasteiger partial charge on any atom is -0.550 e. The summed E-state index contributed by atoms with van der Waals surface area (Å²) in [4.78, 5) is 67.4. The van der Waals surface area contributed by atoms with Crippen LogP contribution in [0.25, 0.3) is 0 Å². The number of aliphatic carboxylic acids is 1. The molecule has 0 aliphatic heterocycles. The van der Waals surface area contributed by atoms with Gasteiger partial charge in [-0.1, -0.05) is 54.0 Å². The predicted octanol–water partition coefficient (Wildman–Crippen LogP) is 3.31. The number of hydroxylamine groups is 2. The van der Waals surface area contributed by atoms with Crippen LogP contribution >= 0.6 is 0 Å². The van der Waals surface area contributed by atoms with E-state index in [4.69, 9.17) is 14.2 Å². The van der Waals surface area contributed by atoms with Gasteiger partial charge < -0.3 is 39.6 Å². The molecule has 0 fully saturated rings. The number of amides is 5. The van der Waals surface area contributed by atoms with Crippen molar-refractivity contribution in [2.24, 2.45) is 0 Å². The quantitative estimate of drug-likeness (QED) is 0.0932. The van der Waals surface area contributed by atoms with Crippen LogP contribution in [-0.4, -0.2) is 82.9 Å². The number of carbonyl (C=O) groups is 5. The number of para-hydroxylation sites is 3. The molecule has 0 radical (unpaired) electrons. The Kier molecular flexibility index (Phi) is 13.1. The number of urea groups is 1. The third kappa shape index (κ3) is 10.1. The summed E-state index contributed by atoms with van der Waals surface area (Å²) in [6.45, 7) is -0.253. The summed E-state index contributed by atoms with van der Waals surface area (Å²) in [5.74, 6) is -3.45. The molecule has 0 aliphatic carbocycles. The number of ether oxygens (including phenoxy) is 3. The third-order valence-electron chi connectivity index (χ3n) is 8.34. The van der Waals surface area contributed by atoms with Crippen molar-refractivity contribution < 1.29 is 48.5 Å². The topological polar surface area (TPSA) is 187 Å². The van der Waals surface area contributed by atoms with E-state index in [9.17, 15) is 34.3 Å². The summed E-state index contributed by atoms with van der Waals surface area (Å²) in [5, 5.41) is 27.6. The number of hydrogen-bond donors (Lipinski definition) is 3. The van der Waals surface area contributed by atoms with Crippen LogP contribution in [0.2, 0.25) is 0 Å². The summed E-state index contributed by atoms with van der Waals surface area (Å²) in [5.41, 5.74) is 1.51. The van der Waals surface area contributed by atoms with Gasteiger partial charge in [-0.05, 0) is 42.0 Å². The van der Waals surface area contributed by atoms with E-state index in [0.717, 1.165) is 4.90 Å². The van der Waals surface area contributed by atoms with Crippen LogP contribution in [0.4, 0.5) is 27.5 Å². The van der Waals surface area contributed by atoms with Crippen LogP contribution in [0.1, 0.15) is 18.4 Å². The standard InChI is InChI=1S/C38H41N5O10/c1-25(37(47)48)26-12-11-13-27(18-26)40-38(49)39-22-34(44)42(23-35(45)41(2)28-14-7-6-8-15-28)32-16-9-10-17-33(32)53-24-36(46)43(3,50)29-19-30(51-4)21-31(20-29)52-5/h6-21,25,50H,22-24H2,1-5H3,(H2-,39,40,47,48,49). The number of rotatable bonds is 15. The summed E-state index contributed by atoms with van der Waals surface area (Å²) in [6.07, 6.45) is 0. The van der Waals surface area contributed by atoms with Gasteiger partial charge in [0.25, 0.3) is 0 Å². The monoisotopic (exact) mass is 727 g/mol. The van der Waals surface area contributed by atoms with Gasteiger partial charge in [0.2, 0.25) is 18.4 Å². The fourth-order valence-corrected chi connectivity index (χ4v) is 5.05. The predicted molar refractivity (Wildman–Crippen MR) is 195 cm³/mol. The van der Waals surface area contributed by atoms with Crippen molar-refractivity contribution in [1.82, 2.24) is 9.96 Å². The molecule has 5 amide bonds. The lowest BCUT2D eigenvalue weighted by Gasteiger charge is -2.27. The van der Waals surface area contributed by atoms with Gasteiger partial charge >= 0.3 is 11.9 Å². The number of carboxylic acids is 1. The molecule has 15 heteroatoms. The first-order valence-corrected chi connectivity index (χ1v) is 16.3. The van der Waals surface area contributed by atoms with Crippen LogP contribution in [0.15, 0.2) is 97.1 Å². The molecule has 15 nitrogen and oxygen atoms in total. The van der Waals surface area contributed by atoms with E-state index >= 15 is 0 Å². The summed E-state index contributed by atoms with van der Waals surface area (Å²) in [7, 11) is 5.66. The zero-order valence-corrected chi connectivity index (χ0v) is 29.9. The molecule has 53 heavy (non-hydrogen) atoms. The fourth-order valence-electron chi connectivity index (χ4n) is 5.05. The number of anilines is 3. The molecule has 4 rings (SSSR count). The van der Waals surface area contributed by atoms with E-state index < -0.39 is 60.0 Å². The lowest BCUT2D eigenvalue weighted by Crippen LogP contribution is -2.50. The first-order chi connectivity index (χ1) is 25.2. The Balaban J connectivity index is 1.56. The molecule has 278 valence electrons. The molecule has 0 heterocycles. The van der Waals surface area contributed by atoms with Crippen molar-refractivity contribution in [3.05, 3.63) is 103 Å². The highest BCUT2D eigenvalue weighted by molar-refractivity contribution is 6.06. The van der Waals surface area contributed by atoms with Crippen molar-refractivity contribution in [3.8, 4) is 17.2 Å². The second-order valence-electron chi connectivity index (χ2n) is 11.9. The lowest BCUT2D eigenvalue weighted by molar-refractivity contribution is -0.307. The van der Waals surface area contributed by atoms with Gasteiger partial charge in [0, 0.05) is 48.5 Å². The number of likely N-dealkylation sites (N-methyl/N-ethyl adjacent to an activating group) is 2. The van der Waals surface area contributed by atoms with Gasteiger partial charge in [-0.15, -0.1) is 0 Å². The van der Waals surface area contributed by atoms with Gasteiger partial charge in [0.15, 0.2) is 5.69 Å². The zero-order valence-electron chi connectivity index (χ0n) is 29.9. The Bertz CT molecular complexity index is 1930. The normalized spacial score (nSPS) is 12.3. The molecule has 0 saturated carbocycles. The lowest BCUT2D eigenvalue weighted by atomic mass is 10.0. The Morgan fingerprint density at radius 3 is 2.13 bits per heavy atom. The number of carboxylic acid groups (broad SMARTS) is 1. The van der Waals surface area contributed by atoms with Crippen molar-refractivity contribution in [3.63, 3.8) is 0 Å². The zero-order chi connectivity index (χ0) is 38.7. The molecule has 0 spiro atoms. The van der Waals surface area contributed by atoms with Gasteiger partial charge in [0.1, 0.15) is 30.8 Å². The molecule has 4 aromatic carbocycles. The number of nitrogens with zero attached hydrogens (tertiary/aromatic N) is 3. The second-order valence-corrected chi connectivity index (χ2v) is 11.9. The van der Waals surface area contributed by atoms with Crippen LogP contribution in [0.5, 0.6) is 17.2 Å². The first-order valence-electron chi connectivity index (χ1n) is 16.3. The fraction of sp³-hybridized carbons (Fsp3) is 0.237. The largest absolute Gasteiger partial charge is 0.550 e. The Hall–Kier alpha value is -6.45. The number of carbonyl (C=O) groups excluding carboxylic acids is 5. The van der Waals surface area contributed by atoms with Crippen LogP contribution < -0.4 is 44.4 Å². The molecular formula is C38H41N5O10. The molecule has 4 aromatic rings. The van der Waals surface area contributed by atoms with Crippen LogP contribution in [0.3, 0.4) is 0 Å². The number of hydrogen-bond acceptors (Lipinski definition) is 10. The van der Waals surface area contributed by atoms with E-state index in [0.29, 0.717) is 22.7 Å². The molecule has 0 aromatic heterocycles. The van der Waals surface area contributed by atoms with E-state index in [-0.39, 0.29) is 22.8 Å². The van der Waals surface area contributed by atoms with E-state index in [1.54, 1.807) is 73.8 Å². The van der Waals surface area contributed by atoms with E-state index in [1.807, 2.05) is 0 Å². The Labute approximate surface area is 306 Å². The van der Waals surface area contributed by atoms with Gasteiger partial charge in [-0.2, -0.15) is 0 Å². The number of methoxy groups -OCH3 is 2. The summed E-state index contributed by atoms with van der Waals surface area (Å²) < 4.78 is 15.2. The molecular weight excluding hydrogens is 686 g/mol. The van der Waals surface area contributed by atoms with Crippen molar-refractivity contribution >= 4 is 52.5 Å². The average molecular weight is 728 g/mol. The van der Waals surface area contributed by atoms with Gasteiger partial charge in [0.05, 0.1) is 26.5 Å². The third-order valence-corrected chi connectivity index (χ3v) is 8.34. The Morgan fingerprint density at radius 2 is 1.49 bits per heavy atom. The molecule has 0 bridgehead atoms. The summed E-state index contributed by atoms with van der Waals surface area (Å²) in [6, 6.07) is 24.9. The van der Waals surface area contributed by atoms with E-state index in [2.05, 4.69) is 10.6 Å². The van der Waals surface area contributed by atoms with Crippen LogP contribution in [0, 0.1) is 0 Å². The molecule has 0 saturated heterocycles. The Morgan fingerprint density at radius 1 is 0.849 bits per heavy atom. The molecule has 2 atom stereocenters. The van der Waals surface area contributed by atoms with Crippen molar-refractivity contribution in [2.45, 2.75) is 12.8 Å². The molecule has 3 N–H and O–H groups in total. The highest BCUT2D eigenvalue weighted by Crippen LogP contribution is 2.32. The van der Waals surface area contributed by atoms with Gasteiger partial charge in [-0.25, -0.2) is 14.8 Å².